The molecule has 5 heteroatoms. The van der Waals surface area contributed by atoms with Crippen molar-refractivity contribution in [1.29, 1.82) is 0 Å². The molecule has 0 atom stereocenters. The van der Waals surface area contributed by atoms with Gasteiger partial charge in [-0.25, -0.2) is 0 Å². The van der Waals surface area contributed by atoms with Crippen LogP contribution in [0.4, 0.5) is 0 Å². The Labute approximate surface area is 78.4 Å². The fraction of sp³-hybridized carbons (Fsp3) is 1.00. The number of hydrogen-bond acceptors (Lipinski definition) is 3. The van der Waals surface area contributed by atoms with Gasteiger partial charge in [0.15, 0.2) is 0 Å². The Bertz CT molecular complexity index is 70.2. The summed E-state index contributed by atoms with van der Waals surface area (Å²) < 4.78 is 19.6. The van der Waals surface area contributed by atoms with Crippen LogP contribution < -0.4 is 0 Å². The summed E-state index contributed by atoms with van der Waals surface area (Å²) in [6.07, 6.45) is 0. The molecule has 0 amide bonds. The first-order valence-corrected chi connectivity index (χ1v) is 3.83. The molecule has 0 saturated carbocycles. The monoisotopic (exact) mass is 162 g/mol. The third-order valence-corrected chi connectivity index (χ3v) is 1.57. The maximum atomic E-state index is 10.4. The Morgan fingerprint density at radius 3 is 1.78 bits per heavy atom. The fourth-order valence-electron chi connectivity index (χ4n) is 0.277. The second-order valence-corrected chi connectivity index (χ2v) is 2.19. The molecule has 0 aromatic heterocycles. The van der Waals surface area contributed by atoms with E-state index in [-0.39, 0.29) is 29.6 Å². The van der Waals surface area contributed by atoms with Crippen LogP contribution in [0.3, 0.4) is 0 Å². The van der Waals surface area contributed by atoms with Crippen molar-refractivity contribution in [2.75, 3.05) is 13.2 Å². The van der Waals surface area contributed by atoms with E-state index in [2.05, 4.69) is 9.05 Å². The van der Waals surface area contributed by atoms with Crippen molar-refractivity contribution in [3.63, 3.8) is 0 Å². The molecule has 9 heavy (non-hydrogen) atoms. The summed E-state index contributed by atoms with van der Waals surface area (Å²) in [5.74, 6) is 0. The summed E-state index contributed by atoms with van der Waals surface area (Å²) in [4.78, 5) is 0. The van der Waals surface area contributed by atoms with Gasteiger partial charge >= 0.3 is 37.8 Å². The quantitative estimate of drug-likeness (QED) is 0.453. The number of rotatable bonds is 4. The van der Waals surface area contributed by atoms with E-state index in [1.165, 1.54) is 0 Å². The molecule has 3 nitrogen and oxygen atoms in total. The van der Waals surface area contributed by atoms with Crippen molar-refractivity contribution in [2.24, 2.45) is 0 Å². The Hall–Kier alpha value is 1.15. The van der Waals surface area contributed by atoms with Gasteiger partial charge in [0.25, 0.3) is 0 Å². The Morgan fingerprint density at radius 1 is 1.22 bits per heavy atom. The van der Waals surface area contributed by atoms with E-state index in [4.69, 9.17) is 0 Å². The van der Waals surface area contributed by atoms with Crippen LogP contribution in [0.5, 0.6) is 0 Å². The van der Waals surface area contributed by atoms with Gasteiger partial charge < -0.3 is 9.05 Å². The molecule has 0 aliphatic heterocycles. The second-order valence-electron chi connectivity index (χ2n) is 1.12. The minimum atomic E-state index is -2.14. The van der Waals surface area contributed by atoms with Crippen molar-refractivity contribution in [1.82, 2.24) is 0 Å². The van der Waals surface area contributed by atoms with E-state index in [1.54, 1.807) is 13.8 Å². The first-order chi connectivity index (χ1) is 3.81. The van der Waals surface area contributed by atoms with Crippen molar-refractivity contribution in [2.45, 2.75) is 13.8 Å². The molecule has 0 fully saturated rings. The maximum absolute atomic E-state index is 10.4. The van der Waals surface area contributed by atoms with Crippen molar-refractivity contribution < 1.29 is 13.6 Å². The molecule has 0 saturated heterocycles. The average molecular weight is 162 g/mol. The van der Waals surface area contributed by atoms with Gasteiger partial charge in [-0.3, -0.25) is 4.57 Å². The molecule has 0 rings (SSSR count). The van der Waals surface area contributed by atoms with Gasteiger partial charge in [-0.05, 0) is 13.8 Å². The number of hydrogen-bond donors (Lipinski definition) is 0. The summed E-state index contributed by atoms with van der Waals surface area (Å²) in [7, 11) is -2.14. The standard InChI is InChI=1S/C4H11O3P.Na.H/c1-3-6-8(5)7-4-2;;/h8H,3-4H2,1-2H3;;. The summed E-state index contributed by atoms with van der Waals surface area (Å²) in [5, 5.41) is 0. The predicted molar refractivity (Wildman–Crippen MR) is 39.4 cm³/mol. The second kappa shape index (κ2) is 9.15. The summed E-state index contributed by atoms with van der Waals surface area (Å²) in [6.45, 7) is 4.47. The van der Waals surface area contributed by atoms with Crippen LogP contribution >= 0.6 is 8.25 Å². The molecule has 0 heterocycles. The molecule has 0 aromatic carbocycles. The molecule has 52 valence electrons. The van der Waals surface area contributed by atoms with Crippen LogP contribution in [0.1, 0.15) is 13.8 Å². The van der Waals surface area contributed by atoms with Crippen LogP contribution in [0, 0.1) is 0 Å². The van der Waals surface area contributed by atoms with Gasteiger partial charge in [0, 0.05) is 0 Å². The van der Waals surface area contributed by atoms with Crippen LogP contribution in [-0.2, 0) is 13.6 Å². The molecule has 0 bridgehead atoms. The molecule has 0 N–H and O–H groups in total. The van der Waals surface area contributed by atoms with E-state index < -0.39 is 8.25 Å². The predicted octanol–water partition coefficient (Wildman–Crippen LogP) is 0.801. The molecular formula is C4H12NaO3P. The zero-order valence-electron chi connectivity index (χ0n) is 5.14. The average Bonchev–Trinajstić information content (AvgIpc) is 1.68. The summed E-state index contributed by atoms with van der Waals surface area (Å²) in [6, 6.07) is 0. The normalized spacial score (nSPS) is 9.22. The van der Waals surface area contributed by atoms with Gasteiger partial charge in [-0.15, -0.1) is 0 Å². The molecule has 0 aromatic rings. The van der Waals surface area contributed by atoms with E-state index in [1.807, 2.05) is 0 Å². The summed E-state index contributed by atoms with van der Waals surface area (Å²) >= 11 is 0. The van der Waals surface area contributed by atoms with E-state index in [0.29, 0.717) is 13.2 Å². The molecule has 0 aliphatic rings. The zero-order valence-corrected chi connectivity index (χ0v) is 6.14. The third kappa shape index (κ3) is 9.15. The van der Waals surface area contributed by atoms with E-state index >= 15 is 0 Å². The summed E-state index contributed by atoms with van der Waals surface area (Å²) in [5.41, 5.74) is 0. The van der Waals surface area contributed by atoms with Gasteiger partial charge in [0.05, 0.1) is 13.2 Å². The SMILES string of the molecule is CCO[PH](=O)OCC.[NaH]. The molecular weight excluding hydrogens is 150 g/mol. The van der Waals surface area contributed by atoms with Crippen molar-refractivity contribution in [3.05, 3.63) is 0 Å². The van der Waals surface area contributed by atoms with E-state index in [0.717, 1.165) is 0 Å². The van der Waals surface area contributed by atoms with Crippen LogP contribution in [-0.4, -0.2) is 42.8 Å². The van der Waals surface area contributed by atoms with Gasteiger partial charge in [0.1, 0.15) is 0 Å². The van der Waals surface area contributed by atoms with E-state index in [9.17, 15) is 4.57 Å². The Kier molecular flexibility index (Phi) is 13.0. The van der Waals surface area contributed by atoms with Crippen LogP contribution in [0.15, 0.2) is 0 Å². The molecule has 0 aliphatic carbocycles. The van der Waals surface area contributed by atoms with Gasteiger partial charge in [-0.1, -0.05) is 0 Å². The first kappa shape index (κ1) is 12.8. The van der Waals surface area contributed by atoms with Crippen molar-refractivity contribution in [3.8, 4) is 0 Å². The Balaban J connectivity index is 0. The van der Waals surface area contributed by atoms with Gasteiger partial charge in [-0.2, -0.15) is 0 Å². The first-order valence-electron chi connectivity index (χ1n) is 2.60. The minimum absolute atomic E-state index is 0. The third-order valence-electron chi connectivity index (χ3n) is 0.524. The zero-order chi connectivity index (χ0) is 6.41. The van der Waals surface area contributed by atoms with Crippen LogP contribution in [0.2, 0.25) is 0 Å². The van der Waals surface area contributed by atoms with Gasteiger partial charge in [0.2, 0.25) is 0 Å². The fourth-order valence-corrected chi connectivity index (χ4v) is 0.832. The van der Waals surface area contributed by atoms with Crippen molar-refractivity contribution >= 4 is 37.8 Å². The molecule has 0 unspecified atom stereocenters. The topological polar surface area (TPSA) is 35.5 Å². The molecule has 0 spiro atoms. The Morgan fingerprint density at radius 2 is 1.56 bits per heavy atom. The van der Waals surface area contributed by atoms with Crippen LogP contribution in [0.25, 0.3) is 0 Å². The molecule has 0 radical (unpaired) electrons.